The van der Waals surface area contributed by atoms with Gasteiger partial charge in [0.25, 0.3) is 0 Å². The molecule has 1 heterocycles. The first-order chi connectivity index (χ1) is 9.68. The van der Waals surface area contributed by atoms with Crippen LogP contribution in [0.4, 0.5) is 0 Å². The zero-order chi connectivity index (χ0) is 15.4. The summed E-state index contributed by atoms with van der Waals surface area (Å²) in [6, 6.07) is 2.55. The second-order valence-corrected chi connectivity index (χ2v) is 9.00. The summed E-state index contributed by atoms with van der Waals surface area (Å²) in [6.07, 6.45) is 5.35. The molecule has 0 unspecified atom stereocenters. The van der Waals surface area contributed by atoms with Gasteiger partial charge in [0.2, 0.25) is 0 Å². The van der Waals surface area contributed by atoms with Gasteiger partial charge in [-0.15, -0.1) is 0 Å². The van der Waals surface area contributed by atoms with E-state index >= 15 is 0 Å². The Morgan fingerprint density at radius 1 is 0.810 bits per heavy atom. The van der Waals surface area contributed by atoms with E-state index in [0.717, 1.165) is 13.1 Å². The first-order valence-electron chi connectivity index (χ1n) is 8.60. The molecule has 0 saturated heterocycles. The van der Waals surface area contributed by atoms with E-state index in [2.05, 4.69) is 52.5 Å². The summed E-state index contributed by atoms with van der Waals surface area (Å²) in [6.45, 7) is 16.4. The lowest BCUT2D eigenvalue weighted by Gasteiger charge is -2.31. The first-order valence-corrected chi connectivity index (χ1v) is 8.60. The Bertz CT molecular complexity index is 555. The maximum absolute atomic E-state index is 2.64. The molecule has 0 aromatic heterocycles. The van der Waals surface area contributed by atoms with Crippen LogP contribution < -0.4 is 0 Å². The molecule has 116 valence electrons. The maximum atomic E-state index is 2.64. The van der Waals surface area contributed by atoms with Gasteiger partial charge in [0.05, 0.1) is 0 Å². The zero-order valence-electron chi connectivity index (χ0n) is 14.8. The van der Waals surface area contributed by atoms with E-state index in [1.807, 2.05) is 0 Å². The summed E-state index contributed by atoms with van der Waals surface area (Å²) in [5.74, 6) is 0. The van der Waals surface area contributed by atoms with Crippen LogP contribution in [0.1, 0.15) is 82.2 Å². The van der Waals surface area contributed by atoms with Gasteiger partial charge in [-0.2, -0.15) is 0 Å². The number of hydrogen-bond donors (Lipinski definition) is 0. The SMILES string of the molecule is CC(C)(C)c1cc2c(c3c1CCCC3)CN(C(C)(C)C)C2. The molecule has 1 aromatic carbocycles. The zero-order valence-corrected chi connectivity index (χ0v) is 14.8. The molecule has 1 aliphatic carbocycles. The van der Waals surface area contributed by atoms with E-state index in [-0.39, 0.29) is 11.0 Å². The Kier molecular flexibility index (Phi) is 3.48. The largest absolute Gasteiger partial charge is 0.290 e. The van der Waals surface area contributed by atoms with Crippen LogP contribution in [0, 0.1) is 0 Å². The number of nitrogens with zero attached hydrogens (tertiary/aromatic N) is 1. The summed E-state index contributed by atoms with van der Waals surface area (Å²) >= 11 is 0. The molecule has 21 heavy (non-hydrogen) atoms. The van der Waals surface area contributed by atoms with Crippen LogP contribution in [-0.4, -0.2) is 10.4 Å². The van der Waals surface area contributed by atoms with Crippen molar-refractivity contribution in [3.63, 3.8) is 0 Å². The van der Waals surface area contributed by atoms with Crippen molar-refractivity contribution in [1.82, 2.24) is 4.90 Å². The standard InChI is InChI=1S/C20H31N/c1-19(2,3)18-11-14-12-21(20(4,5)6)13-17(14)15-9-7-8-10-16(15)18/h11H,7-10,12-13H2,1-6H3. The third-order valence-corrected chi connectivity index (χ3v) is 5.33. The molecule has 0 fully saturated rings. The molecular weight excluding hydrogens is 254 g/mol. The molecule has 0 saturated carbocycles. The highest BCUT2D eigenvalue weighted by atomic mass is 15.2. The van der Waals surface area contributed by atoms with Crippen LogP contribution in [0.5, 0.6) is 0 Å². The van der Waals surface area contributed by atoms with E-state index in [0.29, 0.717) is 0 Å². The van der Waals surface area contributed by atoms with E-state index in [1.54, 1.807) is 27.8 Å². The van der Waals surface area contributed by atoms with Crippen molar-refractivity contribution in [2.24, 2.45) is 0 Å². The van der Waals surface area contributed by atoms with E-state index in [9.17, 15) is 0 Å². The minimum absolute atomic E-state index is 0.266. The lowest BCUT2D eigenvalue weighted by atomic mass is 9.75. The molecule has 1 aliphatic heterocycles. The van der Waals surface area contributed by atoms with Crippen molar-refractivity contribution in [1.29, 1.82) is 0 Å². The van der Waals surface area contributed by atoms with Gasteiger partial charge < -0.3 is 0 Å². The van der Waals surface area contributed by atoms with E-state index in [1.165, 1.54) is 25.7 Å². The summed E-state index contributed by atoms with van der Waals surface area (Å²) in [5.41, 5.74) is 8.85. The van der Waals surface area contributed by atoms with Crippen LogP contribution in [-0.2, 0) is 31.3 Å². The van der Waals surface area contributed by atoms with Crippen molar-refractivity contribution >= 4 is 0 Å². The normalized spacial score (nSPS) is 19.5. The predicted molar refractivity (Wildman–Crippen MR) is 90.8 cm³/mol. The highest BCUT2D eigenvalue weighted by molar-refractivity contribution is 5.51. The maximum Gasteiger partial charge on any atom is 0.0248 e. The fourth-order valence-corrected chi connectivity index (χ4v) is 4.01. The average molecular weight is 285 g/mol. The Morgan fingerprint density at radius 3 is 2.00 bits per heavy atom. The Labute approximate surface area is 130 Å². The van der Waals surface area contributed by atoms with Gasteiger partial charge in [-0.1, -0.05) is 26.8 Å². The third-order valence-electron chi connectivity index (χ3n) is 5.33. The molecular formula is C20H31N. The van der Waals surface area contributed by atoms with E-state index < -0.39 is 0 Å². The topological polar surface area (TPSA) is 3.24 Å². The van der Waals surface area contributed by atoms with Gasteiger partial charge in [0, 0.05) is 18.6 Å². The van der Waals surface area contributed by atoms with Gasteiger partial charge >= 0.3 is 0 Å². The van der Waals surface area contributed by atoms with Crippen molar-refractivity contribution in [2.75, 3.05) is 0 Å². The van der Waals surface area contributed by atoms with Gasteiger partial charge in [0.1, 0.15) is 0 Å². The van der Waals surface area contributed by atoms with Crippen LogP contribution in [0.2, 0.25) is 0 Å². The fraction of sp³-hybridized carbons (Fsp3) is 0.700. The highest BCUT2D eigenvalue weighted by Crippen LogP contribution is 2.40. The second-order valence-electron chi connectivity index (χ2n) is 9.00. The Morgan fingerprint density at radius 2 is 1.43 bits per heavy atom. The Balaban J connectivity index is 2.11. The molecule has 1 aromatic rings. The van der Waals surface area contributed by atoms with Crippen LogP contribution in [0.15, 0.2) is 6.07 Å². The van der Waals surface area contributed by atoms with Crippen molar-refractivity contribution in [3.8, 4) is 0 Å². The van der Waals surface area contributed by atoms with Crippen LogP contribution in [0.25, 0.3) is 0 Å². The number of rotatable bonds is 0. The lowest BCUT2D eigenvalue weighted by Crippen LogP contribution is -2.36. The van der Waals surface area contributed by atoms with Gasteiger partial charge in [-0.25, -0.2) is 0 Å². The Hall–Kier alpha value is -0.820. The second kappa shape index (κ2) is 4.84. The van der Waals surface area contributed by atoms with Gasteiger partial charge in [-0.3, -0.25) is 4.90 Å². The van der Waals surface area contributed by atoms with Crippen molar-refractivity contribution < 1.29 is 0 Å². The molecule has 0 radical (unpaired) electrons. The number of hydrogen-bond acceptors (Lipinski definition) is 1. The first kappa shape index (κ1) is 15.1. The predicted octanol–water partition coefficient (Wildman–Crippen LogP) is 4.98. The molecule has 0 amide bonds. The van der Waals surface area contributed by atoms with Crippen LogP contribution >= 0.6 is 0 Å². The minimum Gasteiger partial charge on any atom is -0.290 e. The average Bonchev–Trinajstić information content (AvgIpc) is 2.80. The smallest absolute Gasteiger partial charge is 0.0248 e. The molecule has 0 bridgehead atoms. The molecule has 1 nitrogen and oxygen atoms in total. The number of benzene rings is 1. The van der Waals surface area contributed by atoms with Gasteiger partial charge in [0.15, 0.2) is 0 Å². The minimum atomic E-state index is 0.266. The highest BCUT2D eigenvalue weighted by Gasteiger charge is 2.33. The summed E-state index contributed by atoms with van der Waals surface area (Å²) < 4.78 is 0. The lowest BCUT2D eigenvalue weighted by molar-refractivity contribution is 0.136. The fourth-order valence-electron chi connectivity index (χ4n) is 4.01. The third kappa shape index (κ3) is 2.65. The summed E-state index contributed by atoms with van der Waals surface area (Å²) in [7, 11) is 0. The quantitative estimate of drug-likeness (QED) is 0.650. The van der Waals surface area contributed by atoms with Crippen LogP contribution in [0.3, 0.4) is 0 Å². The molecule has 0 N–H and O–H groups in total. The van der Waals surface area contributed by atoms with E-state index in [4.69, 9.17) is 0 Å². The molecule has 0 atom stereocenters. The molecule has 1 heteroatoms. The molecule has 3 rings (SSSR count). The molecule has 0 spiro atoms. The van der Waals surface area contributed by atoms with Crippen molar-refractivity contribution in [2.45, 2.75) is 91.3 Å². The number of fused-ring (bicyclic) bond motifs is 3. The summed E-state index contributed by atoms with van der Waals surface area (Å²) in [5, 5.41) is 0. The molecule has 2 aliphatic rings. The van der Waals surface area contributed by atoms with Crippen molar-refractivity contribution in [3.05, 3.63) is 33.9 Å². The summed E-state index contributed by atoms with van der Waals surface area (Å²) in [4.78, 5) is 2.64. The monoisotopic (exact) mass is 285 g/mol. The van der Waals surface area contributed by atoms with Gasteiger partial charge in [-0.05, 0) is 79.7 Å².